The Morgan fingerprint density at radius 2 is 1.67 bits per heavy atom. The number of amides is 1. The molecule has 9 nitrogen and oxygen atoms in total. The maximum absolute atomic E-state index is 11.4. The van der Waals surface area contributed by atoms with Gasteiger partial charge in [0.05, 0.1) is 27.9 Å². The van der Waals surface area contributed by atoms with Crippen molar-refractivity contribution in [3.63, 3.8) is 0 Å². The zero-order chi connectivity index (χ0) is 21.9. The average molecular weight is 422 g/mol. The molecule has 1 heterocycles. The lowest BCUT2D eigenvalue weighted by atomic mass is 10.2. The lowest BCUT2D eigenvalue weighted by Gasteiger charge is -2.34. The van der Waals surface area contributed by atoms with Crippen LogP contribution >= 0.6 is 0 Å². The third kappa shape index (κ3) is 6.69. The fourth-order valence-corrected chi connectivity index (χ4v) is 3.36. The van der Waals surface area contributed by atoms with Crippen LogP contribution in [0.1, 0.15) is 19.4 Å². The van der Waals surface area contributed by atoms with E-state index in [0.717, 1.165) is 57.3 Å². The second-order valence-corrected chi connectivity index (χ2v) is 7.00. The number of piperazine rings is 1. The summed E-state index contributed by atoms with van der Waals surface area (Å²) in [5, 5.41) is 6.65. The minimum absolute atomic E-state index is 0.154. The van der Waals surface area contributed by atoms with Crippen molar-refractivity contribution in [2.24, 2.45) is 4.99 Å². The number of nitrogens with one attached hydrogen (secondary N) is 2. The number of ether oxygens (including phenoxy) is 3. The molecule has 1 fully saturated rings. The molecule has 2 N–H and O–H groups in total. The van der Waals surface area contributed by atoms with E-state index in [1.807, 2.05) is 24.0 Å². The van der Waals surface area contributed by atoms with Gasteiger partial charge in [-0.2, -0.15) is 0 Å². The van der Waals surface area contributed by atoms with Gasteiger partial charge < -0.3 is 29.7 Å². The van der Waals surface area contributed by atoms with Crippen LogP contribution < -0.4 is 24.8 Å². The molecule has 30 heavy (non-hydrogen) atoms. The van der Waals surface area contributed by atoms with Crippen molar-refractivity contribution >= 4 is 11.9 Å². The van der Waals surface area contributed by atoms with Crippen molar-refractivity contribution in [1.82, 2.24) is 20.4 Å². The van der Waals surface area contributed by atoms with E-state index in [9.17, 15) is 4.79 Å². The highest BCUT2D eigenvalue weighted by molar-refractivity contribution is 5.79. The van der Waals surface area contributed by atoms with Crippen molar-refractivity contribution in [3.05, 3.63) is 17.7 Å². The lowest BCUT2D eigenvalue weighted by molar-refractivity contribution is -0.130. The van der Waals surface area contributed by atoms with E-state index in [0.29, 0.717) is 23.8 Å². The molecule has 9 heteroatoms. The van der Waals surface area contributed by atoms with Gasteiger partial charge in [0, 0.05) is 52.7 Å². The summed E-state index contributed by atoms with van der Waals surface area (Å²) in [4.78, 5) is 20.4. The summed E-state index contributed by atoms with van der Waals surface area (Å²) in [6.45, 7) is 10.0. The number of rotatable bonds is 9. The van der Waals surface area contributed by atoms with Crippen molar-refractivity contribution in [1.29, 1.82) is 0 Å². The van der Waals surface area contributed by atoms with E-state index >= 15 is 0 Å². The molecular formula is C21H35N5O4. The van der Waals surface area contributed by atoms with Crippen LogP contribution in [0, 0.1) is 0 Å². The summed E-state index contributed by atoms with van der Waals surface area (Å²) in [7, 11) is 4.80. The fourth-order valence-electron chi connectivity index (χ4n) is 3.36. The minimum atomic E-state index is 0.154. The Kier molecular flexibility index (Phi) is 9.53. The zero-order valence-corrected chi connectivity index (χ0v) is 18.8. The topological polar surface area (TPSA) is 87.7 Å². The Bertz CT molecular complexity index is 692. The minimum Gasteiger partial charge on any atom is -0.493 e. The normalized spacial score (nSPS) is 15.0. The molecular weight excluding hydrogens is 386 g/mol. The van der Waals surface area contributed by atoms with Gasteiger partial charge in [0.2, 0.25) is 11.7 Å². The number of nitrogens with zero attached hydrogens (tertiary/aromatic N) is 3. The standard InChI is InChI=1S/C21H35N5O4/c1-6-22-21(23-7-8-25-9-11-26(12-10-25)16(2)27)24-15-17-13-18(28-3)20(30-5)19(14-17)29-4/h13-14H,6-12,15H2,1-5H3,(H2,22,23,24). The Morgan fingerprint density at radius 3 is 2.17 bits per heavy atom. The largest absolute Gasteiger partial charge is 0.493 e. The third-order valence-electron chi connectivity index (χ3n) is 5.03. The summed E-state index contributed by atoms with van der Waals surface area (Å²) in [5.41, 5.74) is 0.960. The number of hydrogen-bond donors (Lipinski definition) is 2. The summed E-state index contributed by atoms with van der Waals surface area (Å²) < 4.78 is 16.2. The lowest BCUT2D eigenvalue weighted by Crippen LogP contribution is -2.50. The molecule has 2 rings (SSSR count). The first-order chi connectivity index (χ1) is 14.5. The fraction of sp³-hybridized carbons (Fsp3) is 0.619. The number of benzene rings is 1. The van der Waals surface area contributed by atoms with Crippen LogP contribution in [0.2, 0.25) is 0 Å². The monoisotopic (exact) mass is 421 g/mol. The smallest absolute Gasteiger partial charge is 0.219 e. The van der Waals surface area contributed by atoms with E-state index in [4.69, 9.17) is 14.2 Å². The van der Waals surface area contributed by atoms with Crippen LogP contribution in [0.15, 0.2) is 17.1 Å². The molecule has 0 radical (unpaired) electrons. The Hall–Kier alpha value is -2.68. The molecule has 1 amide bonds. The second kappa shape index (κ2) is 12.1. The number of aliphatic imine (C=N–C) groups is 1. The number of methoxy groups -OCH3 is 3. The van der Waals surface area contributed by atoms with Crippen LogP contribution in [0.4, 0.5) is 0 Å². The van der Waals surface area contributed by atoms with E-state index in [1.54, 1.807) is 28.3 Å². The van der Waals surface area contributed by atoms with Crippen molar-refractivity contribution in [3.8, 4) is 17.2 Å². The van der Waals surface area contributed by atoms with Crippen LogP contribution in [-0.2, 0) is 11.3 Å². The molecule has 0 atom stereocenters. The van der Waals surface area contributed by atoms with Gasteiger partial charge in [-0.3, -0.25) is 9.69 Å². The Morgan fingerprint density at radius 1 is 1.03 bits per heavy atom. The van der Waals surface area contributed by atoms with Gasteiger partial charge in [0.1, 0.15) is 0 Å². The van der Waals surface area contributed by atoms with E-state index in [-0.39, 0.29) is 5.91 Å². The summed E-state index contributed by atoms with van der Waals surface area (Å²) in [5.74, 6) is 2.71. The van der Waals surface area contributed by atoms with Crippen LogP contribution in [0.25, 0.3) is 0 Å². The summed E-state index contributed by atoms with van der Waals surface area (Å²) in [6.07, 6.45) is 0. The van der Waals surface area contributed by atoms with Gasteiger partial charge in [-0.15, -0.1) is 0 Å². The molecule has 1 aromatic carbocycles. The first-order valence-electron chi connectivity index (χ1n) is 10.3. The van der Waals surface area contributed by atoms with Crippen molar-refractivity contribution < 1.29 is 19.0 Å². The molecule has 1 saturated heterocycles. The quantitative estimate of drug-likeness (QED) is 0.453. The highest BCUT2D eigenvalue weighted by Gasteiger charge is 2.18. The molecule has 0 spiro atoms. The SMILES string of the molecule is CCNC(=NCc1cc(OC)c(OC)c(OC)c1)NCCN1CCN(C(C)=O)CC1. The summed E-state index contributed by atoms with van der Waals surface area (Å²) in [6, 6.07) is 3.81. The Balaban J connectivity index is 1.92. The molecule has 0 unspecified atom stereocenters. The van der Waals surface area contributed by atoms with Gasteiger partial charge in [-0.25, -0.2) is 4.99 Å². The van der Waals surface area contributed by atoms with E-state index in [2.05, 4.69) is 20.5 Å². The third-order valence-corrected chi connectivity index (χ3v) is 5.03. The molecule has 0 saturated carbocycles. The van der Waals surface area contributed by atoms with Gasteiger partial charge >= 0.3 is 0 Å². The first-order valence-corrected chi connectivity index (χ1v) is 10.3. The van der Waals surface area contributed by atoms with Gasteiger partial charge in [0.25, 0.3) is 0 Å². The zero-order valence-electron chi connectivity index (χ0n) is 18.8. The first kappa shape index (κ1) is 23.6. The molecule has 0 aliphatic carbocycles. The molecule has 1 aliphatic heterocycles. The number of carbonyl (C=O) groups is 1. The molecule has 1 aliphatic rings. The second-order valence-electron chi connectivity index (χ2n) is 7.00. The van der Waals surface area contributed by atoms with Crippen LogP contribution in [-0.4, -0.2) is 88.8 Å². The maximum atomic E-state index is 11.4. The number of carbonyl (C=O) groups excluding carboxylic acids is 1. The predicted molar refractivity (Wildman–Crippen MR) is 118 cm³/mol. The van der Waals surface area contributed by atoms with E-state index in [1.165, 1.54) is 0 Å². The van der Waals surface area contributed by atoms with Crippen molar-refractivity contribution in [2.75, 3.05) is 67.1 Å². The molecule has 0 bridgehead atoms. The maximum Gasteiger partial charge on any atom is 0.219 e. The predicted octanol–water partition coefficient (Wildman–Crippen LogP) is 0.932. The van der Waals surface area contributed by atoms with Gasteiger partial charge in [0.15, 0.2) is 17.5 Å². The highest BCUT2D eigenvalue weighted by Crippen LogP contribution is 2.38. The van der Waals surface area contributed by atoms with E-state index < -0.39 is 0 Å². The highest BCUT2D eigenvalue weighted by atomic mass is 16.5. The van der Waals surface area contributed by atoms with Crippen molar-refractivity contribution in [2.45, 2.75) is 20.4 Å². The van der Waals surface area contributed by atoms with Crippen LogP contribution in [0.3, 0.4) is 0 Å². The number of guanidine groups is 1. The number of hydrogen-bond acceptors (Lipinski definition) is 6. The summed E-state index contributed by atoms with van der Waals surface area (Å²) >= 11 is 0. The Labute approximate surface area is 179 Å². The van der Waals surface area contributed by atoms with Gasteiger partial charge in [-0.1, -0.05) is 0 Å². The van der Waals surface area contributed by atoms with Crippen LogP contribution in [0.5, 0.6) is 17.2 Å². The molecule has 0 aromatic heterocycles. The molecule has 168 valence electrons. The average Bonchev–Trinajstić information content (AvgIpc) is 2.76. The molecule has 1 aromatic rings. The van der Waals surface area contributed by atoms with Gasteiger partial charge in [-0.05, 0) is 24.6 Å².